The van der Waals surface area contributed by atoms with Gasteiger partial charge < -0.3 is 14.8 Å². The second-order valence-corrected chi connectivity index (χ2v) is 6.83. The van der Waals surface area contributed by atoms with Gasteiger partial charge in [-0.25, -0.2) is 0 Å². The number of rotatable bonds is 8. The first-order chi connectivity index (χ1) is 13.6. The molecular weight excluding hydrogens is 350 g/mol. The van der Waals surface area contributed by atoms with Gasteiger partial charge >= 0.3 is 0 Å². The third kappa shape index (κ3) is 5.61. The van der Waals surface area contributed by atoms with E-state index in [1.54, 1.807) is 0 Å². The molecule has 0 heterocycles. The van der Waals surface area contributed by atoms with E-state index in [0.29, 0.717) is 24.0 Å². The summed E-state index contributed by atoms with van der Waals surface area (Å²) in [6, 6.07) is 25.1. The zero-order valence-corrected chi connectivity index (χ0v) is 16.2. The van der Waals surface area contributed by atoms with Crippen molar-refractivity contribution in [2.75, 3.05) is 11.9 Å². The van der Waals surface area contributed by atoms with E-state index >= 15 is 0 Å². The minimum absolute atomic E-state index is 0.0428. The second-order valence-electron chi connectivity index (χ2n) is 6.83. The zero-order chi connectivity index (χ0) is 19.8. The van der Waals surface area contributed by atoms with Crippen molar-refractivity contribution in [3.05, 3.63) is 90.0 Å². The highest BCUT2D eigenvalue weighted by Gasteiger charge is 2.10. The van der Waals surface area contributed by atoms with Gasteiger partial charge in [-0.15, -0.1) is 0 Å². The van der Waals surface area contributed by atoms with Crippen LogP contribution >= 0.6 is 0 Å². The number of carbonyl (C=O) groups is 1. The third-order valence-electron chi connectivity index (χ3n) is 4.27. The van der Waals surface area contributed by atoms with Crippen LogP contribution in [0.1, 0.15) is 30.9 Å². The molecule has 144 valence electrons. The minimum atomic E-state index is -0.209. The Morgan fingerprint density at radius 1 is 0.893 bits per heavy atom. The molecular formula is C24H25NO3. The van der Waals surface area contributed by atoms with Crippen molar-refractivity contribution in [3.63, 3.8) is 0 Å². The van der Waals surface area contributed by atoms with Gasteiger partial charge in [0.05, 0.1) is 0 Å². The molecule has 0 aliphatic heterocycles. The standard InChI is InChI=1S/C24H25NO3/c1-18(2)22-13-6-7-14-23(22)28-17-24(26)25-20-11-8-12-21(15-20)27-16-19-9-4-3-5-10-19/h3-15,18H,16-17H2,1-2H3,(H,25,26). The summed E-state index contributed by atoms with van der Waals surface area (Å²) in [7, 11) is 0. The monoisotopic (exact) mass is 375 g/mol. The van der Waals surface area contributed by atoms with Gasteiger partial charge in [-0.05, 0) is 35.2 Å². The molecule has 3 rings (SSSR count). The Bertz CT molecular complexity index is 906. The molecule has 0 aliphatic carbocycles. The van der Waals surface area contributed by atoms with E-state index in [1.165, 1.54) is 0 Å². The van der Waals surface area contributed by atoms with Crippen molar-refractivity contribution in [2.24, 2.45) is 0 Å². The predicted molar refractivity (Wildman–Crippen MR) is 112 cm³/mol. The molecule has 0 saturated carbocycles. The maximum Gasteiger partial charge on any atom is 0.262 e. The van der Waals surface area contributed by atoms with E-state index in [2.05, 4.69) is 19.2 Å². The molecule has 0 spiro atoms. The summed E-state index contributed by atoms with van der Waals surface area (Å²) >= 11 is 0. The fourth-order valence-electron chi connectivity index (χ4n) is 2.83. The summed E-state index contributed by atoms with van der Waals surface area (Å²) in [5.41, 5.74) is 2.86. The van der Waals surface area contributed by atoms with Crippen LogP contribution < -0.4 is 14.8 Å². The number of hydrogen-bond donors (Lipinski definition) is 1. The summed E-state index contributed by atoms with van der Waals surface area (Å²) in [5, 5.41) is 2.86. The lowest BCUT2D eigenvalue weighted by molar-refractivity contribution is -0.118. The van der Waals surface area contributed by atoms with E-state index in [9.17, 15) is 4.79 Å². The first kappa shape index (κ1) is 19.5. The Hall–Kier alpha value is -3.27. The number of anilines is 1. The van der Waals surface area contributed by atoms with Gasteiger partial charge in [0.1, 0.15) is 18.1 Å². The molecule has 0 radical (unpaired) electrons. The van der Waals surface area contributed by atoms with Crippen molar-refractivity contribution >= 4 is 11.6 Å². The molecule has 0 aliphatic rings. The minimum Gasteiger partial charge on any atom is -0.489 e. The van der Waals surface area contributed by atoms with Crippen molar-refractivity contribution in [1.29, 1.82) is 0 Å². The second kappa shape index (κ2) is 9.60. The number of hydrogen-bond acceptors (Lipinski definition) is 3. The van der Waals surface area contributed by atoms with Crippen molar-refractivity contribution in [1.82, 2.24) is 0 Å². The molecule has 0 fully saturated rings. The Labute approximate surface area is 166 Å². The van der Waals surface area contributed by atoms with Crippen LogP contribution in [0.4, 0.5) is 5.69 Å². The average molecular weight is 375 g/mol. The fraction of sp³-hybridized carbons (Fsp3) is 0.208. The highest BCUT2D eigenvalue weighted by atomic mass is 16.5. The van der Waals surface area contributed by atoms with Crippen LogP contribution in [-0.2, 0) is 11.4 Å². The molecule has 1 amide bonds. The molecule has 4 nitrogen and oxygen atoms in total. The van der Waals surface area contributed by atoms with Gasteiger partial charge in [0.15, 0.2) is 6.61 Å². The SMILES string of the molecule is CC(C)c1ccccc1OCC(=O)Nc1cccc(OCc2ccccc2)c1. The average Bonchev–Trinajstić information content (AvgIpc) is 2.72. The molecule has 0 unspecified atom stereocenters. The maximum atomic E-state index is 12.3. The summed E-state index contributed by atoms with van der Waals surface area (Å²) in [6.45, 7) is 4.64. The van der Waals surface area contributed by atoms with E-state index in [1.807, 2.05) is 78.9 Å². The summed E-state index contributed by atoms with van der Waals surface area (Å²) < 4.78 is 11.5. The highest BCUT2D eigenvalue weighted by molar-refractivity contribution is 5.92. The van der Waals surface area contributed by atoms with Gasteiger partial charge in [-0.2, -0.15) is 0 Å². The van der Waals surface area contributed by atoms with Crippen LogP contribution in [0.5, 0.6) is 11.5 Å². The van der Waals surface area contributed by atoms with Crippen LogP contribution in [0.25, 0.3) is 0 Å². The summed E-state index contributed by atoms with van der Waals surface area (Å²) in [6.07, 6.45) is 0. The molecule has 1 N–H and O–H groups in total. The fourth-order valence-corrected chi connectivity index (χ4v) is 2.83. The molecule has 28 heavy (non-hydrogen) atoms. The molecule has 0 saturated heterocycles. The molecule has 3 aromatic carbocycles. The number of carbonyl (C=O) groups excluding carboxylic acids is 1. The van der Waals surface area contributed by atoms with Crippen LogP contribution in [0.2, 0.25) is 0 Å². The van der Waals surface area contributed by atoms with Gasteiger partial charge in [-0.1, -0.05) is 68.4 Å². The topological polar surface area (TPSA) is 47.6 Å². The Morgan fingerprint density at radius 3 is 2.43 bits per heavy atom. The van der Waals surface area contributed by atoms with E-state index in [-0.39, 0.29) is 12.5 Å². The normalized spacial score (nSPS) is 10.5. The molecule has 0 aromatic heterocycles. The number of para-hydroxylation sites is 1. The van der Waals surface area contributed by atoms with Gasteiger partial charge in [0.25, 0.3) is 5.91 Å². The largest absolute Gasteiger partial charge is 0.489 e. The van der Waals surface area contributed by atoms with E-state index in [0.717, 1.165) is 16.9 Å². The van der Waals surface area contributed by atoms with Crippen molar-refractivity contribution in [2.45, 2.75) is 26.4 Å². The third-order valence-corrected chi connectivity index (χ3v) is 4.27. The predicted octanol–water partition coefficient (Wildman–Crippen LogP) is 5.41. The highest BCUT2D eigenvalue weighted by Crippen LogP contribution is 2.26. The van der Waals surface area contributed by atoms with Crippen molar-refractivity contribution < 1.29 is 14.3 Å². The number of benzene rings is 3. The maximum absolute atomic E-state index is 12.3. The molecule has 4 heteroatoms. The number of amides is 1. The number of nitrogens with one attached hydrogen (secondary N) is 1. The van der Waals surface area contributed by atoms with E-state index in [4.69, 9.17) is 9.47 Å². The molecule has 3 aromatic rings. The lowest BCUT2D eigenvalue weighted by Crippen LogP contribution is -2.20. The van der Waals surface area contributed by atoms with Gasteiger partial charge in [-0.3, -0.25) is 4.79 Å². The quantitative estimate of drug-likeness (QED) is 0.573. The summed E-state index contributed by atoms with van der Waals surface area (Å²) in [5.74, 6) is 1.57. The van der Waals surface area contributed by atoms with Crippen LogP contribution in [-0.4, -0.2) is 12.5 Å². The summed E-state index contributed by atoms with van der Waals surface area (Å²) in [4.78, 5) is 12.3. The van der Waals surface area contributed by atoms with Crippen LogP contribution in [0.15, 0.2) is 78.9 Å². The first-order valence-corrected chi connectivity index (χ1v) is 9.40. The lowest BCUT2D eigenvalue weighted by Gasteiger charge is -2.14. The van der Waals surface area contributed by atoms with Crippen molar-refractivity contribution in [3.8, 4) is 11.5 Å². The Kier molecular flexibility index (Phi) is 6.68. The van der Waals surface area contributed by atoms with E-state index < -0.39 is 0 Å². The van der Waals surface area contributed by atoms with Gasteiger partial charge in [0.2, 0.25) is 0 Å². The van der Waals surface area contributed by atoms with Crippen LogP contribution in [0.3, 0.4) is 0 Å². The molecule has 0 atom stereocenters. The zero-order valence-electron chi connectivity index (χ0n) is 16.2. The van der Waals surface area contributed by atoms with Gasteiger partial charge in [0, 0.05) is 11.8 Å². The number of ether oxygens (including phenoxy) is 2. The molecule has 0 bridgehead atoms. The first-order valence-electron chi connectivity index (χ1n) is 9.40. The lowest BCUT2D eigenvalue weighted by atomic mass is 10.0. The van der Waals surface area contributed by atoms with Crippen LogP contribution in [0, 0.1) is 0 Å². The Balaban J connectivity index is 1.54. The Morgan fingerprint density at radius 2 is 1.64 bits per heavy atom. The smallest absolute Gasteiger partial charge is 0.262 e.